The number of aryl methyl sites for hydroxylation is 2. The summed E-state index contributed by atoms with van der Waals surface area (Å²) in [5.74, 6) is 1.12. The molecule has 6 heteroatoms. The molecule has 0 aliphatic rings. The minimum atomic E-state index is -0.148. The number of pyridine rings is 1. The van der Waals surface area contributed by atoms with E-state index in [0.29, 0.717) is 23.9 Å². The number of rotatable bonds is 9. The van der Waals surface area contributed by atoms with E-state index in [0.717, 1.165) is 24.0 Å². The Balaban J connectivity index is 1.44. The van der Waals surface area contributed by atoms with Crippen LogP contribution in [0.15, 0.2) is 53.2 Å². The first-order valence-corrected chi connectivity index (χ1v) is 9.44. The molecule has 1 aromatic carbocycles. The van der Waals surface area contributed by atoms with Gasteiger partial charge in [-0.2, -0.15) is 0 Å². The second kappa shape index (κ2) is 9.80. The van der Waals surface area contributed by atoms with Gasteiger partial charge in [0.2, 0.25) is 11.8 Å². The molecule has 0 saturated carbocycles. The molecule has 0 saturated heterocycles. The Morgan fingerprint density at radius 2 is 1.86 bits per heavy atom. The standard InChI is InChI=1S/C22H25N3O3/c1-3-17-4-6-19(7-5-17)22-25-20(16(2)28-22)14-27-15-21(26)24-13-10-18-8-11-23-12-9-18/h4-9,11-12H,3,10,13-15H2,1-2H3,(H,24,26). The quantitative estimate of drug-likeness (QED) is 0.616. The lowest BCUT2D eigenvalue weighted by Crippen LogP contribution is -2.29. The third-order valence-electron chi connectivity index (χ3n) is 4.46. The van der Waals surface area contributed by atoms with E-state index in [1.54, 1.807) is 12.4 Å². The molecule has 146 valence electrons. The molecule has 0 bridgehead atoms. The van der Waals surface area contributed by atoms with Gasteiger partial charge < -0.3 is 14.5 Å². The Morgan fingerprint density at radius 1 is 1.11 bits per heavy atom. The number of carbonyl (C=O) groups is 1. The van der Waals surface area contributed by atoms with E-state index in [1.807, 2.05) is 31.2 Å². The lowest BCUT2D eigenvalue weighted by molar-refractivity contribution is -0.126. The van der Waals surface area contributed by atoms with Crippen LogP contribution in [-0.4, -0.2) is 29.0 Å². The minimum absolute atomic E-state index is 0.0107. The molecule has 3 aromatic rings. The van der Waals surface area contributed by atoms with Gasteiger partial charge in [0.05, 0.1) is 6.61 Å². The highest BCUT2D eigenvalue weighted by molar-refractivity contribution is 5.77. The molecule has 28 heavy (non-hydrogen) atoms. The second-order valence-corrected chi connectivity index (χ2v) is 6.52. The number of oxazole rings is 1. The fourth-order valence-electron chi connectivity index (χ4n) is 2.76. The number of hydrogen-bond acceptors (Lipinski definition) is 5. The summed E-state index contributed by atoms with van der Waals surface area (Å²) in [6.45, 7) is 4.76. The predicted octanol–water partition coefficient (Wildman–Crippen LogP) is 3.48. The summed E-state index contributed by atoms with van der Waals surface area (Å²) in [5.41, 5.74) is 4.04. The van der Waals surface area contributed by atoms with Gasteiger partial charge in [-0.15, -0.1) is 0 Å². The summed E-state index contributed by atoms with van der Waals surface area (Å²) >= 11 is 0. The maximum atomic E-state index is 11.9. The van der Waals surface area contributed by atoms with Gasteiger partial charge in [-0.05, 0) is 55.2 Å². The average Bonchev–Trinajstić information content (AvgIpc) is 3.09. The van der Waals surface area contributed by atoms with Crippen molar-refractivity contribution >= 4 is 5.91 Å². The van der Waals surface area contributed by atoms with Crippen molar-refractivity contribution in [1.29, 1.82) is 0 Å². The van der Waals surface area contributed by atoms with Gasteiger partial charge in [0.15, 0.2) is 0 Å². The number of aromatic nitrogens is 2. The first-order valence-electron chi connectivity index (χ1n) is 9.44. The normalized spacial score (nSPS) is 10.8. The lowest BCUT2D eigenvalue weighted by atomic mass is 10.1. The molecular formula is C22H25N3O3. The number of benzene rings is 1. The fraction of sp³-hybridized carbons (Fsp3) is 0.318. The van der Waals surface area contributed by atoms with Crippen molar-refractivity contribution in [3.63, 3.8) is 0 Å². The van der Waals surface area contributed by atoms with E-state index in [-0.39, 0.29) is 19.1 Å². The zero-order valence-electron chi connectivity index (χ0n) is 16.3. The number of hydrogen-bond donors (Lipinski definition) is 1. The molecule has 2 heterocycles. The van der Waals surface area contributed by atoms with Crippen molar-refractivity contribution in [3.05, 3.63) is 71.4 Å². The number of nitrogens with zero attached hydrogens (tertiary/aromatic N) is 2. The van der Waals surface area contributed by atoms with Crippen LogP contribution >= 0.6 is 0 Å². The Hall–Kier alpha value is -2.99. The molecule has 1 amide bonds. The SMILES string of the molecule is CCc1ccc(-c2nc(COCC(=O)NCCc3ccncc3)c(C)o2)cc1. The van der Waals surface area contributed by atoms with Crippen LogP contribution in [0.25, 0.3) is 11.5 Å². The minimum Gasteiger partial charge on any atom is -0.441 e. The van der Waals surface area contributed by atoms with Gasteiger partial charge in [-0.3, -0.25) is 9.78 Å². The second-order valence-electron chi connectivity index (χ2n) is 6.52. The van der Waals surface area contributed by atoms with Crippen molar-refractivity contribution < 1.29 is 13.9 Å². The molecular weight excluding hydrogens is 354 g/mol. The van der Waals surface area contributed by atoms with Crippen LogP contribution in [0, 0.1) is 6.92 Å². The van der Waals surface area contributed by atoms with Crippen LogP contribution in [-0.2, 0) is 29.0 Å². The Labute approximate surface area is 165 Å². The molecule has 0 unspecified atom stereocenters. The number of ether oxygens (including phenoxy) is 1. The monoisotopic (exact) mass is 379 g/mol. The highest BCUT2D eigenvalue weighted by Crippen LogP contribution is 2.22. The van der Waals surface area contributed by atoms with Gasteiger partial charge >= 0.3 is 0 Å². The Morgan fingerprint density at radius 3 is 2.57 bits per heavy atom. The van der Waals surface area contributed by atoms with Crippen molar-refractivity contribution in [3.8, 4) is 11.5 Å². The average molecular weight is 379 g/mol. The maximum Gasteiger partial charge on any atom is 0.246 e. The largest absolute Gasteiger partial charge is 0.441 e. The van der Waals surface area contributed by atoms with Crippen molar-refractivity contribution in [2.75, 3.05) is 13.2 Å². The van der Waals surface area contributed by atoms with Crippen molar-refractivity contribution in [2.24, 2.45) is 0 Å². The van der Waals surface area contributed by atoms with Crippen LogP contribution in [0.3, 0.4) is 0 Å². The molecule has 0 aliphatic heterocycles. The number of carbonyl (C=O) groups excluding carboxylic acids is 1. The van der Waals surface area contributed by atoms with Crippen molar-refractivity contribution in [2.45, 2.75) is 33.3 Å². The van der Waals surface area contributed by atoms with Crippen LogP contribution in [0.2, 0.25) is 0 Å². The van der Waals surface area contributed by atoms with E-state index >= 15 is 0 Å². The molecule has 0 aliphatic carbocycles. The van der Waals surface area contributed by atoms with Gasteiger partial charge in [0, 0.05) is 24.5 Å². The van der Waals surface area contributed by atoms with Crippen LogP contribution in [0.5, 0.6) is 0 Å². The predicted molar refractivity (Wildman–Crippen MR) is 107 cm³/mol. The van der Waals surface area contributed by atoms with Crippen LogP contribution < -0.4 is 5.32 Å². The van der Waals surface area contributed by atoms with Gasteiger partial charge in [-0.25, -0.2) is 4.98 Å². The summed E-state index contributed by atoms with van der Waals surface area (Å²) in [5, 5.41) is 2.85. The van der Waals surface area contributed by atoms with Gasteiger partial charge in [0.1, 0.15) is 18.1 Å². The summed E-state index contributed by atoms with van der Waals surface area (Å²) in [4.78, 5) is 20.4. The molecule has 3 rings (SSSR count). The zero-order valence-corrected chi connectivity index (χ0v) is 16.3. The van der Waals surface area contributed by atoms with Crippen molar-refractivity contribution in [1.82, 2.24) is 15.3 Å². The Kier molecular flexibility index (Phi) is 6.92. The highest BCUT2D eigenvalue weighted by atomic mass is 16.5. The summed E-state index contributed by atoms with van der Waals surface area (Å²) in [7, 11) is 0. The number of amides is 1. The molecule has 0 fully saturated rings. The molecule has 0 spiro atoms. The smallest absolute Gasteiger partial charge is 0.246 e. The van der Waals surface area contributed by atoms with E-state index < -0.39 is 0 Å². The zero-order chi connectivity index (χ0) is 19.8. The Bertz CT molecular complexity index is 889. The highest BCUT2D eigenvalue weighted by Gasteiger charge is 2.12. The summed E-state index contributed by atoms with van der Waals surface area (Å²) in [6, 6.07) is 12.0. The van der Waals surface area contributed by atoms with E-state index in [4.69, 9.17) is 9.15 Å². The fourth-order valence-corrected chi connectivity index (χ4v) is 2.76. The first kappa shape index (κ1) is 19.8. The number of nitrogens with one attached hydrogen (secondary N) is 1. The maximum absolute atomic E-state index is 11.9. The van der Waals surface area contributed by atoms with Crippen LogP contribution in [0.4, 0.5) is 0 Å². The summed E-state index contributed by atoms with van der Waals surface area (Å²) in [6.07, 6.45) is 5.24. The molecule has 0 atom stereocenters. The third-order valence-corrected chi connectivity index (χ3v) is 4.46. The van der Waals surface area contributed by atoms with E-state index in [9.17, 15) is 4.79 Å². The molecule has 1 N–H and O–H groups in total. The van der Waals surface area contributed by atoms with Gasteiger partial charge in [0.25, 0.3) is 0 Å². The third kappa shape index (κ3) is 5.50. The molecule has 0 radical (unpaired) electrons. The van der Waals surface area contributed by atoms with Crippen LogP contribution in [0.1, 0.15) is 29.5 Å². The van der Waals surface area contributed by atoms with E-state index in [1.165, 1.54) is 5.56 Å². The first-order chi connectivity index (χ1) is 13.7. The van der Waals surface area contributed by atoms with E-state index in [2.05, 4.69) is 34.3 Å². The van der Waals surface area contributed by atoms with Gasteiger partial charge in [-0.1, -0.05) is 19.1 Å². The molecule has 6 nitrogen and oxygen atoms in total. The lowest BCUT2D eigenvalue weighted by Gasteiger charge is -2.05. The molecule has 2 aromatic heterocycles. The summed E-state index contributed by atoms with van der Waals surface area (Å²) < 4.78 is 11.3. The topological polar surface area (TPSA) is 77.2 Å².